The predicted molar refractivity (Wildman–Crippen MR) is 79.6 cm³/mol. The molecule has 0 aliphatic heterocycles. The lowest BCUT2D eigenvalue weighted by atomic mass is 10.0. The van der Waals surface area contributed by atoms with Gasteiger partial charge in [0.15, 0.2) is 0 Å². The molecule has 4 nitrogen and oxygen atoms in total. The highest BCUT2D eigenvalue weighted by molar-refractivity contribution is 6.39. The van der Waals surface area contributed by atoms with Gasteiger partial charge in [0.2, 0.25) is 5.88 Å². The molecule has 0 saturated heterocycles. The van der Waals surface area contributed by atoms with E-state index in [1.807, 2.05) is 18.2 Å². The standard InChI is InChI=1S/C14H9Cl2N3O/c15-8-4-3-5-9(16)11(8)12-13(19-20-14(12)17)10-6-1-2-7-18-10/h1-7H,17H2. The Morgan fingerprint density at radius 2 is 1.70 bits per heavy atom. The highest BCUT2D eigenvalue weighted by Gasteiger charge is 2.22. The van der Waals surface area contributed by atoms with Gasteiger partial charge < -0.3 is 10.3 Å². The molecule has 0 atom stereocenters. The van der Waals surface area contributed by atoms with E-state index in [1.54, 1.807) is 24.4 Å². The van der Waals surface area contributed by atoms with Crippen LogP contribution in [0.1, 0.15) is 0 Å². The van der Waals surface area contributed by atoms with Gasteiger partial charge in [-0.3, -0.25) is 4.98 Å². The molecule has 0 spiro atoms. The first-order chi connectivity index (χ1) is 9.68. The van der Waals surface area contributed by atoms with Gasteiger partial charge in [0.1, 0.15) is 5.69 Å². The number of nitrogens with two attached hydrogens (primary N) is 1. The van der Waals surface area contributed by atoms with Crippen molar-refractivity contribution in [3.05, 3.63) is 52.6 Å². The predicted octanol–water partition coefficient (Wildman–Crippen LogP) is 4.29. The Labute approximate surface area is 125 Å². The third kappa shape index (κ3) is 2.13. The van der Waals surface area contributed by atoms with E-state index in [0.717, 1.165) is 0 Å². The maximum Gasteiger partial charge on any atom is 0.230 e. The van der Waals surface area contributed by atoms with Gasteiger partial charge in [0.25, 0.3) is 0 Å². The van der Waals surface area contributed by atoms with Crippen LogP contribution in [0.3, 0.4) is 0 Å². The second kappa shape index (κ2) is 5.15. The van der Waals surface area contributed by atoms with Gasteiger partial charge in [0.05, 0.1) is 21.3 Å². The summed E-state index contributed by atoms with van der Waals surface area (Å²) in [6.45, 7) is 0. The van der Waals surface area contributed by atoms with Crippen LogP contribution in [0.25, 0.3) is 22.5 Å². The number of hydrogen-bond donors (Lipinski definition) is 1. The van der Waals surface area contributed by atoms with Crippen molar-refractivity contribution < 1.29 is 4.52 Å². The van der Waals surface area contributed by atoms with Crippen molar-refractivity contribution in [2.45, 2.75) is 0 Å². The Balaban J connectivity index is 2.28. The van der Waals surface area contributed by atoms with Crippen molar-refractivity contribution in [2.24, 2.45) is 0 Å². The molecule has 0 aliphatic rings. The molecule has 0 saturated carbocycles. The third-order valence-corrected chi connectivity index (χ3v) is 3.47. The van der Waals surface area contributed by atoms with Crippen molar-refractivity contribution in [3.8, 4) is 22.5 Å². The number of halogens is 2. The van der Waals surface area contributed by atoms with Crippen LogP contribution < -0.4 is 5.73 Å². The van der Waals surface area contributed by atoms with E-state index < -0.39 is 0 Å². The molecule has 3 aromatic rings. The van der Waals surface area contributed by atoms with Crippen molar-refractivity contribution in [1.29, 1.82) is 0 Å². The molecule has 0 bridgehead atoms. The summed E-state index contributed by atoms with van der Waals surface area (Å²) in [5, 5.41) is 4.92. The van der Waals surface area contributed by atoms with Crippen LogP contribution in [-0.2, 0) is 0 Å². The van der Waals surface area contributed by atoms with Crippen molar-refractivity contribution in [3.63, 3.8) is 0 Å². The van der Waals surface area contributed by atoms with Gasteiger partial charge in [-0.05, 0) is 24.3 Å². The molecule has 2 N–H and O–H groups in total. The molecule has 1 aromatic carbocycles. The summed E-state index contributed by atoms with van der Waals surface area (Å²) in [4.78, 5) is 4.24. The molecule has 0 amide bonds. The van der Waals surface area contributed by atoms with E-state index in [0.29, 0.717) is 32.6 Å². The largest absolute Gasteiger partial charge is 0.367 e. The zero-order chi connectivity index (χ0) is 14.1. The van der Waals surface area contributed by atoms with E-state index >= 15 is 0 Å². The maximum atomic E-state index is 6.22. The average Bonchev–Trinajstić information content (AvgIpc) is 2.82. The molecule has 100 valence electrons. The number of hydrogen-bond acceptors (Lipinski definition) is 4. The van der Waals surface area contributed by atoms with Gasteiger partial charge in [-0.2, -0.15) is 0 Å². The molecule has 3 rings (SSSR count). The van der Waals surface area contributed by atoms with Crippen LogP contribution in [0.2, 0.25) is 10.0 Å². The molecule has 2 aromatic heterocycles. The van der Waals surface area contributed by atoms with Gasteiger partial charge >= 0.3 is 0 Å². The van der Waals surface area contributed by atoms with Crippen molar-refractivity contribution in [1.82, 2.24) is 10.1 Å². The minimum atomic E-state index is 0.153. The van der Waals surface area contributed by atoms with Gasteiger partial charge in [-0.1, -0.05) is 40.5 Å². The van der Waals surface area contributed by atoms with Crippen LogP contribution in [0.5, 0.6) is 0 Å². The van der Waals surface area contributed by atoms with E-state index in [2.05, 4.69) is 10.1 Å². The van der Waals surface area contributed by atoms with Gasteiger partial charge in [-0.25, -0.2) is 0 Å². The number of aromatic nitrogens is 2. The molecule has 0 unspecified atom stereocenters. The minimum absolute atomic E-state index is 0.153. The molecule has 20 heavy (non-hydrogen) atoms. The Hall–Kier alpha value is -2.04. The summed E-state index contributed by atoms with van der Waals surface area (Å²) < 4.78 is 5.08. The number of anilines is 1. The van der Waals surface area contributed by atoms with Gasteiger partial charge in [0, 0.05) is 11.8 Å². The normalized spacial score (nSPS) is 10.7. The lowest BCUT2D eigenvalue weighted by Gasteiger charge is -2.06. The summed E-state index contributed by atoms with van der Waals surface area (Å²) in [7, 11) is 0. The Bertz CT molecular complexity index is 736. The van der Waals surface area contributed by atoms with Crippen LogP contribution in [0.4, 0.5) is 5.88 Å². The summed E-state index contributed by atoms with van der Waals surface area (Å²) >= 11 is 12.4. The topological polar surface area (TPSA) is 64.9 Å². The quantitative estimate of drug-likeness (QED) is 0.767. The lowest BCUT2D eigenvalue weighted by molar-refractivity contribution is 0.439. The summed E-state index contributed by atoms with van der Waals surface area (Å²) in [5.41, 5.74) is 8.17. The monoisotopic (exact) mass is 305 g/mol. The number of benzene rings is 1. The zero-order valence-corrected chi connectivity index (χ0v) is 11.7. The molecule has 6 heteroatoms. The first kappa shape index (κ1) is 13.0. The molecule has 0 aliphatic carbocycles. The second-order valence-corrected chi connectivity index (χ2v) is 4.90. The van der Waals surface area contributed by atoms with Crippen molar-refractivity contribution in [2.75, 3.05) is 5.73 Å². The fourth-order valence-corrected chi connectivity index (χ4v) is 2.55. The average molecular weight is 306 g/mol. The molecule has 0 fully saturated rings. The van der Waals surface area contributed by atoms with Crippen LogP contribution in [-0.4, -0.2) is 10.1 Å². The lowest BCUT2D eigenvalue weighted by Crippen LogP contribution is -1.91. The van der Waals surface area contributed by atoms with E-state index in [1.165, 1.54) is 0 Å². The summed E-state index contributed by atoms with van der Waals surface area (Å²) in [6.07, 6.45) is 1.66. The number of nitrogen functional groups attached to an aromatic ring is 1. The molecular formula is C14H9Cl2N3O. The SMILES string of the molecule is Nc1onc(-c2ccccn2)c1-c1c(Cl)cccc1Cl. The van der Waals surface area contributed by atoms with E-state index in [4.69, 9.17) is 33.5 Å². The first-order valence-electron chi connectivity index (χ1n) is 5.79. The first-order valence-corrected chi connectivity index (χ1v) is 6.55. The Kier molecular flexibility index (Phi) is 3.34. The minimum Gasteiger partial charge on any atom is -0.367 e. The smallest absolute Gasteiger partial charge is 0.230 e. The Morgan fingerprint density at radius 1 is 0.950 bits per heavy atom. The van der Waals surface area contributed by atoms with E-state index in [-0.39, 0.29) is 5.88 Å². The highest BCUT2D eigenvalue weighted by atomic mass is 35.5. The van der Waals surface area contributed by atoms with Gasteiger partial charge in [-0.15, -0.1) is 0 Å². The fourth-order valence-electron chi connectivity index (χ4n) is 1.96. The number of nitrogens with zero attached hydrogens (tertiary/aromatic N) is 2. The van der Waals surface area contributed by atoms with Crippen LogP contribution in [0, 0.1) is 0 Å². The fraction of sp³-hybridized carbons (Fsp3) is 0. The third-order valence-electron chi connectivity index (χ3n) is 2.84. The molecular weight excluding hydrogens is 297 g/mol. The van der Waals surface area contributed by atoms with E-state index in [9.17, 15) is 0 Å². The summed E-state index contributed by atoms with van der Waals surface area (Å²) in [5.74, 6) is 0.153. The zero-order valence-electron chi connectivity index (χ0n) is 10.2. The molecule has 0 radical (unpaired) electrons. The highest BCUT2D eigenvalue weighted by Crippen LogP contribution is 2.42. The van der Waals surface area contributed by atoms with Crippen LogP contribution in [0.15, 0.2) is 47.1 Å². The Morgan fingerprint density at radius 3 is 2.35 bits per heavy atom. The second-order valence-electron chi connectivity index (χ2n) is 4.08. The van der Waals surface area contributed by atoms with Crippen molar-refractivity contribution >= 4 is 29.1 Å². The maximum absolute atomic E-state index is 6.22. The van der Waals surface area contributed by atoms with Crippen LogP contribution >= 0.6 is 23.2 Å². The number of pyridine rings is 1. The summed E-state index contributed by atoms with van der Waals surface area (Å²) in [6, 6.07) is 10.7. The molecule has 2 heterocycles. The number of rotatable bonds is 2.